The van der Waals surface area contributed by atoms with Crippen molar-refractivity contribution in [3.05, 3.63) is 39.9 Å². The zero-order chi connectivity index (χ0) is 13.3. The zero-order valence-corrected chi connectivity index (χ0v) is 12.6. The van der Waals surface area contributed by atoms with E-state index in [1.807, 2.05) is 6.92 Å². The van der Waals surface area contributed by atoms with Crippen molar-refractivity contribution >= 4 is 34.0 Å². The minimum atomic E-state index is -0.506. The van der Waals surface area contributed by atoms with Crippen LogP contribution in [-0.2, 0) is 18.6 Å². The fourth-order valence-electron chi connectivity index (χ4n) is 1.66. The summed E-state index contributed by atoms with van der Waals surface area (Å²) in [5, 5.41) is 3.18. The third-order valence-electron chi connectivity index (χ3n) is 2.51. The van der Waals surface area contributed by atoms with E-state index in [0.29, 0.717) is 10.5 Å². The quantitative estimate of drug-likeness (QED) is 0.779. The first-order valence-corrected chi connectivity index (χ1v) is 5.70. The van der Waals surface area contributed by atoms with Gasteiger partial charge in [0.15, 0.2) is 0 Å². The molecule has 2 heterocycles. The Kier molecular flexibility index (Phi) is 5.00. The predicted molar refractivity (Wildman–Crippen MR) is 72.8 cm³/mol. The molecular weight excluding hydrogens is 301 g/mol. The number of aromatic amines is 1. The van der Waals surface area contributed by atoms with E-state index >= 15 is 0 Å². The number of amides is 1. The van der Waals surface area contributed by atoms with Gasteiger partial charge >= 0.3 is 0 Å². The molecule has 2 aromatic rings. The molecule has 0 aliphatic rings. The number of hydrogen-bond donors (Lipinski definition) is 2. The summed E-state index contributed by atoms with van der Waals surface area (Å²) in [5.74, 6) is -0.506. The van der Waals surface area contributed by atoms with Crippen LogP contribution in [0.25, 0.3) is 10.9 Å². The summed E-state index contributed by atoms with van der Waals surface area (Å²) in [6.07, 6.45) is 1.61. The number of pyridine rings is 2. The largest absolute Gasteiger partial charge is 0.321 e. The fourth-order valence-corrected chi connectivity index (χ4v) is 1.76. The van der Waals surface area contributed by atoms with Crippen LogP contribution < -0.4 is 10.9 Å². The molecule has 0 aliphatic heterocycles. The molecule has 1 amide bonds. The number of carbonyl (C=O) groups is 1. The van der Waals surface area contributed by atoms with Crippen molar-refractivity contribution in [1.29, 1.82) is 0 Å². The van der Waals surface area contributed by atoms with Crippen molar-refractivity contribution in [3.8, 4) is 0 Å². The number of hydrogen-bond acceptors (Lipinski definition) is 4. The Morgan fingerprint density at radius 2 is 2.16 bits per heavy atom. The van der Waals surface area contributed by atoms with Gasteiger partial charge in [-0.25, -0.2) is 0 Å². The molecule has 19 heavy (non-hydrogen) atoms. The third kappa shape index (κ3) is 3.29. The van der Waals surface area contributed by atoms with Gasteiger partial charge in [0, 0.05) is 35.8 Å². The Morgan fingerprint density at radius 3 is 2.79 bits per heavy atom. The number of aromatic nitrogens is 2. The molecule has 0 spiro atoms. The van der Waals surface area contributed by atoms with E-state index in [0.717, 1.165) is 11.1 Å². The maximum atomic E-state index is 11.8. The summed E-state index contributed by atoms with van der Waals surface area (Å²) in [7, 11) is 0. The first-order valence-electron chi connectivity index (χ1n) is 5.29. The maximum Gasteiger partial charge on any atom is 0.261 e. The fraction of sp³-hybridized carbons (Fsp3) is 0.167. The van der Waals surface area contributed by atoms with Crippen LogP contribution in [0.15, 0.2) is 23.1 Å². The Hall–Kier alpha value is -1.50. The van der Waals surface area contributed by atoms with Crippen molar-refractivity contribution in [3.63, 3.8) is 0 Å². The van der Waals surface area contributed by atoms with Gasteiger partial charge in [-0.15, -0.1) is 0 Å². The first kappa shape index (κ1) is 15.6. The van der Waals surface area contributed by atoms with Crippen LogP contribution in [0.4, 0.5) is 0 Å². The molecule has 0 saturated heterocycles. The van der Waals surface area contributed by atoms with E-state index in [2.05, 4.69) is 15.3 Å². The van der Waals surface area contributed by atoms with Gasteiger partial charge in [-0.3, -0.25) is 14.6 Å². The smallest absolute Gasteiger partial charge is 0.261 e. The van der Waals surface area contributed by atoms with Gasteiger partial charge in [0.2, 0.25) is 0 Å². The minimum absolute atomic E-state index is 0. The number of carbonyl (C=O) groups excluding carboxylic acids is 1. The summed E-state index contributed by atoms with van der Waals surface area (Å²) in [4.78, 5) is 30.7. The second kappa shape index (κ2) is 6.10. The van der Waals surface area contributed by atoms with Crippen LogP contribution in [0.2, 0.25) is 0 Å². The molecule has 0 bridgehead atoms. The monoisotopic (exact) mass is 312 g/mol. The molecular formula is C12H11N3O2SV. The molecule has 0 fully saturated rings. The first-order chi connectivity index (χ1) is 8.49. The van der Waals surface area contributed by atoms with E-state index in [1.165, 1.54) is 6.07 Å². The van der Waals surface area contributed by atoms with Gasteiger partial charge < -0.3 is 10.3 Å². The molecule has 0 unspecified atom stereocenters. The van der Waals surface area contributed by atoms with Gasteiger partial charge in [0.25, 0.3) is 11.5 Å². The average molecular weight is 312 g/mol. The van der Waals surface area contributed by atoms with Gasteiger partial charge in [0.1, 0.15) is 5.56 Å². The molecule has 97 valence electrons. The summed E-state index contributed by atoms with van der Waals surface area (Å²) in [6, 6.07) is 3.22. The van der Waals surface area contributed by atoms with Crippen LogP contribution >= 0.6 is 12.2 Å². The van der Waals surface area contributed by atoms with Crippen LogP contribution in [0.3, 0.4) is 0 Å². The topological polar surface area (TPSA) is 74.8 Å². The van der Waals surface area contributed by atoms with Crippen LogP contribution in [-0.4, -0.2) is 20.9 Å². The SMILES string of the molecule is CC(=S)NC(=O)c1cc2c(C)nccc2[nH]c1=O.[V]. The second-order valence-electron chi connectivity index (χ2n) is 3.88. The van der Waals surface area contributed by atoms with Crippen molar-refractivity contribution < 1.29 is 23.4 Å². The number of rotatable bonds is 1. The minimum Gasteiger partial charge on any atom is -0.321 e. The van der Waals surface area contributed by atoms with Crippen LogP contribution in [0, 0.1) is 6.92 Å². The molecule has 0 atom stereocenters. The van der Waals surface area contributed by atoms with Crippen LogP contribution in [0.1, 0.15) is 23.0 Å². The normalized spacial score (nSPS) is 9.79. The predicted octanol–water partition coefficient (Wildman–Crippen LogP) is 1.31. The van der Waals surface area contributed by atoms with E-state index in [1.54, 1.807) is 19.2 Å². The Labute approximate surface area is 126 Å². The summed E-state index contributed by atoms with van der Waals surface area (Å²) in [5.41, 5.74) is 0.990. The van der Waals surface area contributed by atoms with Crippen molar-refractivity contribution in [2.45, 2.75) is 13.8 Å². The van der Waals surface area contributed by atoms with Gasteiger partial charge in [0.05, 0.1) is 10.5 Å². The summed E-state index contributed by atoms with van der Waals surface area (Å²) in [6.45, 7) is 3.39. The number of aryl methyl sites for hydroxylation is 1. The summed E-state index contributed by atoms with van der Waals surface area (Å²) >= 11 is 4.78. The van der Waals surface area contributed by atoms with Gasteiger partial charge in [-0.1, -0.05) is 12.2 Å². The third-order valence-corrected chi connectivity index (χ3v) is 2.61. The molecule has 2 rings (SSSR count). The number of nitrogens with one attached hydrogen (secondary N) is 2. The number of nitrogens with zero attached hydrogens (tertiary/aromatic N) is 1. The molecule has 5 nitrogen and oxygen atoms in total. The van der Waals surface area contributed by atoms with E-state index in [-0.39, 0.29) is 24.1 Å². The standard InChI is InChI=1S/C12H11N3O2S.V/c1-6-8-5-9(11(16)14-7(2)18)12(17)15-10(8)3-4-13-6;/h3-5H,1-2H3,(H,15,17)(H,14,16,18);. The molecule has 2 aromatic heterocycles. The second-order valence-corrected chi connectivity index (χ2v) is 4.49. The van der Waals surface area contributed by atoms with Gasteiger partial charge in [-0.2, -0.15) is 0 Å². The molecule has 7 heteroatoms. The average Bonchev–Trinajstić information content (AvgIpc) is 2.27. The molecule has 0 aliphatic carbocycles. The molecule has 0 aromatic carbocycles. The molecule has 0 saturated carbocycles. The Balaban J connectivity index is 0.00000180. The zero-order valence-electron chi connectivity index (χ0n) is 10.4. The van der Waals surface area contributed by atoms with Crippen LogP contribution in [0.5, 0.6) is 0 Å². The molecule has 1 radical (unpaired) electrons. The Morgan fingerprint density at radius 1 is 1.47 bits per heavy atom. The van der Waals surface area contributed by atoms with E-state index in [4.69, 9.17) is 12.2 Å². The summed E-state index contributed by atoms with van der Waals surface area (Å²) < 4.78 is 0. The van der Waals surface area contributed by atoms with E-state index in [9.17, 15) is 9.59 Å². The van der Waals surface area contributed by atoms with Crippen molar-refractivity contribution in [2.24, 2.45) is 0 Å². The maximum absolute atomic E-state index is 11.8. The van der Waals surface area contributed by atoms with E-state index < -0.39 is 11.5 Å². The van der Waals surface area contributed by atoms with Crippen molar-refractivity contribution in [2.75, 3.05) is 0 Å². The number of H-pyrrole nitrogens is 1. The van der Waals surface area contributed by atoms with Gasteiger partial charge in [-0.05, 0) is 26.0 Å². The Bertz CT molecular complexity index is 712. The number of fused-ring (bicyclic) bond motifs is 1. The molecule has 2 N–H and O–H groups in total. The number of thiocarbonyl (C=S) groups is 1. The van der Waals surface area contributed by atoms with Crippen molar-refractivity contribution in [1.82, 2.24) is 15.3 Å².